The highest BCUT2D eigenvalue weighted by Crippen LogP contribution is 2.20. The van der Waals surface area contributed by atoms with Gasteiger partial charge in [-0.1, -0.05) is 48.7 Å². The molecule has 1 fully saturated rings. The summed E-state index contributed by atoms with van der Waals surface area (Å²) in [6.45, 7) is 1.51. The summed E-state index contributed by atoms with van der Waals surface area (Å²) in [5.74, 6) is -1.16. The first-order chi connectivity index (χ1) is 14.4. The Bertz CT molecular complexity index is 886. The van der Waals surface area contributed by atoms with E-state index in [1.807, 2.05) is 6.07 Å². The maximum absolute atomic E-state index is 13.8. The van der Waals surface area contributed by atoms with E-state index in [0.717, 1.165) is 31.2 Å². The van der Waals surface area contributed by atoms with E-state index in [0.29, 0.717) is 5.02 Å². The van der Waals surface area contributed by atoms with Crippen LogP contribution in [0.15, 0.2) is 48.5 Å². The number of halogens is 2. The maximum Gasteiger partial charge on any atom is 0.261 e. The van der Waals surface area contributed by atoms with Crippen LogP contribution < -0.4 is 10.1 Å². The summed E-state index contributed by atoms with van der Waals surface area (Å²) in [5, 5.41) is 3.58. The quantitative estimate of drug-likeness (QED) is 0.675. The number of amides is 2. The van der Waals surface area contributed by atoms with Crippen LogP contribution in [-0.2, 0) is 16.1 Å². The molecule has 0 aromatic heterocycles. The predicted molar refractivity (Wildman–Crippen MR) is 114 cm³/mol. The maximum atomic E-state index is 13.8. The summed E-state index contributed by atoms with van der Waals surface area (Å²) in [6.07, 6.45) is 4.11. The number of ether oxygens (including phenoxy) is 1. The van der Waals surface area contributed by atoms with Crippen molar-refractivity contribution in [3.05, 3.63) is 64.9 Å². The summed E-state index contributed by atoms with van der Waals surface area (Å²) < 4.78 is 19.2. The SMILES string of the molecule is C[C@H](C(=O)NC1CCCC1)N(Cc1cccc(Cl)c1)C(=O)COc1ccccc1F. The van der Waals surface area contributed by atoms with Crippen LogP contribution in [0.5, 0.6) is 5.75 Å². The van der Waals surface area contributed by atoms with Gasteiger partial charge in [0.15, 0.2) is 18.2 Å². The Kier molecular flexibility index (Phi) is 7.69. The highest BCUT2D eigenvalue weighted by Gasteiger charge is 2.29. The van der Waals surface area contributed by atoms with Crippen molar-refractivity contribution < 1.29 is 18.7 Å². The van der Waals surface area contributed by atoms with Crippen molar-refractivity contribution in [2.75, 3.05) is 6.61 Å². The van der Waals surface area contributed by atoms with Gasteiger partial charge >= 0.3 is 0 Å². The molecule has 0 bridgehead atoms. The number of carbonyl (C=O) groups is 2. The Labute approximate surface area is 181 Å². The van der Waals surface area contributed by atoms with Gasteiger partial charge in [0, 0.05) is 17.6 Å². The van der Waals surface area contributed by atoms with E-state index in [2.05, 4.69) is 5.32 Å². The van der Waals surface area contributed by atoms with Gasteiger partial charge < -0.3 is 15.0 Å². The molecular formula is C23H26ClFN2O3. The molecule has 0 unspecified atom stereocenters. The standard InChI is InChI=1S/C23H26ClFN2O3/c1-16(23(29)26-19-9-2-3-10-19)27(14-17-7-6-8-18(24)13-17)22(28)15-30-21-12-5-4-11-20(21)25/h4-8,11-13,16,19H,2-3,9-10,14-15H2,1H3,(H,26,29)/t16-/m1/s1. The highest BCUT2D eigenvalue weighted by molar-refractivity contribution is 6.30. The van der Waals surface area contributed by atoms with Crippen LogP contribution in [0.3, 0.4) is 0 Å². The summed E-state index contributed by atoms with van der Waals surface area (Å²) in [5.41, 5.74) is 0.794. The van der Waals surface area contributed by atoms with Crippen LogP contribution in [0.2, 0.25) is 5.02 Å². The summed E-state index contributed by atoms with van der Waals surface area (Å²) in [6, 6.07) is 12.5. The van der Waals surface area contributed by atoms with Gasteiger partial charge in [-0.25, -0.2) is 4.39 Å². The molecule has 7 heteroatoms. The lowest BCUT2D eigenvalue weighted by atomic mass is 10.1. The molecule has 0 spiro atoms. The van der Waals surface area contributed by atoms with Gasteiger partial charge in [-0.15, -0.1) is 0 Å². The van der Waals surface area contributed by atoms with Crippen molar-refractivity contribution in [3.63, 3.8) is 0 Å². The number of nitrogens with zero attached hydrogens (tertiary/aromatic N) is 1. The van der Waals surface area contributed by atoms with Crippen molar-refractivity contribution in [2.24, 2.45) is 0 Å². The van der Waals surface area contributed by atoms with Gasteiger partial charge in [-0.05, 0) is 49.6 Å². The largest absolute Gasteiger partial charge is 0.481 e. The van der Waals surface area contributed by atoms with Crippen molar-refractivity contribution in [3.8, 4) is 5.75 Å². The third-order valence-corrected chi connectivity index (χ3v) is 5.53. The minimum atomic E-state index is -0.707. The molecule has 160 valence electrons. The second-order valence-corrected chi connectivity index (χ2v) is 7.97. The van der Waals surface area contributed by atoms with Crippen molar-refractivity contribution >= 4 is 23.4 Å². The number of hydrogen-bond donors (Lipinski definition) is 1. The Morgan fingerprint density at radius 3 is 2.63 bits per heavy atom. The number of rotatable bonds is 8. The number of carbonyl (C=O) groups excluding carboxylic acids is 2. The molecule has 3 rings (SSSR count). The predicted octanol–water partition coefficient (Wildman–Crippen LogP) is 4.33. The number of benzene rings is 2. The zero-order valence-electron chi connectivity index (χ0n) is 16.9. The van der Waals surface area contributed by atoms with Crippen LogP contribution in [-0.4, -0.2) is 35.4 Å². The lowest BCUT2D eigenvalue weighted by Crippen LogP contribution is -2.50. The minimum absolute atomic E-state index is 0.00313. The molecule has 1 N–H and O–H groups in total. The second-order valence-electron chi connectivity index (χ2n) is 7.54. The third kappa shape index (κ3) is 5.95. The van der Waals surface area contributed by atoms with Crippen molar-refractivity contribution in [2.45, 2.75) is 51.2 Å². The van der Waals surface area contributed by atoms with Crippen LogP contribution >= 0.6 is 11.6 Å². The molecule has 0 aliphatic heterocycles. The van der Waals surface area contributed by atoms with E-state index in [-0.39, 0.29) is 30.9 Å². The van der Waals surface area contributed by atoms with E-state index in [9.17, 15) is 14.0 Å². The molecule has 1 aliphatic carbocycles. The Morgan fingerprint density at radius 2 is 1.93 bits per heavy atom. The van der Waals surface area contributed by atoms with Gasteiger partial charge in [-0.3, -0.25) is 9.59 Å². The van der Waals surface area contributed by atoms with E-state index in [4.69, 9.17) is 16.3 Å². The van der Waals surface area contributed by atoms with E-state index in [1.54, 1.807) is 37.3 Å². The average molecular weight is 433 g/mol. The summed E-state index contributed by atoms with van der Waals surface area (Å²) in [7, 11) is 0. The normalized spacial score (nSPS) is 14.9. The highest BCUT2D eigenvalue weighted by atomic mass is 35.5. The lowest BCUT2D eigenvalue weighted by Gasteiger charge is -2.29. The fourth-order valence-electron chi connectivity index (χ4n) is 3.59. The monoisotopic (exact) mass is 432 g/mol. The number of nitrogens with one attached hydrogen (secondary N) is 1. The fourth-order valence-corrected chi connectivity index (χ4v) is 3.80. The van der Waals surface area contributed by atoms with E-state index >= 15 is 0 Å². The molecule has 0 saturated heterocycles. The van der Waals surface area contributed by atoms with Crippen LogP contribution in [0, 0.1) is 5.82 Å². The van der Waals surface area contributed by atoms with Gasteiger partial charge in [0.2, 0.25) is 5.91 Å². The summed E-state index contributed by atoms with van der Waals surface area (Å²) in [4.78, 5) is 27.2. The van der Waals surface area contributed by atoms with E-state index in [1.165, 1.54) is 17.0 Å². The minimum Gasteiger partial charge on any atom is -0.481 e. The van der Waals surface area contributed by atoms with Gasteiger partial charge in [0.05, 0.1) is 0 Å². The smallest absolute Gasteiger partial charge is 0.261 e. The molecule has 0 radical (unpaired) electrons. The molecular weight excluding hydrogens is 407 g/mol. The Balaban J connectivity index is 1.72. The first-order valence-corrected chi connectivity index (χ1v) is 10.5. The molecule has 0 heterocycles. The van der Waals surface area contributed by atoms with Gasteiger partial charge in [-0.2, -0.15) is 0 Å². The second kappa shape index (κ2) is 10.4. The first kappa shape index (κ1) is 22.1. The zero-order chi connectivity index (χ0) is 21.5. The molecule has 5 nitrogen and oxygen atoms in total. The fraction of sp³-hybridized carbons (Fsp3) is 0.391. The number of para-hydroxylation sites is 1. The molecule has 2 aromatic carbocycles. The van der Waals surface area contributed by atoms with Gasteiger partial charge in [0.25, 0.3) is 5.91 Å². The Hall–Kier alpha value is -2.60. The first-order valence-electron chi connectivity index (χ1n) is 10.2. The molecule has 1 saturated carbocycles. The molecule has 1 atom stereocenters. The van der Waals surface area contributed by atoms with Gasteiger partial charge in [0.1, 0.15) is 6.04 Å². The average Bonchev–Trinajstić information content (AvgIpc) is 3.24. The lowest BCUT2D eigenvalue weighted by molar-refractivity contribution is -0.142. The topological polar surface area (TPSA) is 58.6 Å². The van der Waals surface area contributed by atoms with Crippen molar-refractivity contribution in [1.82, 2.24) is 10.2 Å². The Morgan fingerprint density at radius 1 is 1.20 bits per heavy atom. The van der Waals surface area contributed by atoms with Crippen LogP contribution in [0.4, 0.5) is 4.39 Å². The molecule has 2 amide bonds. The molecule has 1 aliphatic rings. The van der Waals surface area contributed by atoms with Crippen LogP contribution in [0.25, 0.3) is 0 Å². The van der Waals surface area contributed by atoms with Crippen molar-refractivity contribution in [1.29, 1.82) is 0 Å². The molecule has 2 aromatic rings. The summed E-state index contributed by atoms with van der Waals surface area (Å²) >= 11 is 6.07. The molecule has 30 heavy (non-hydrogen) atoms. The third-order valence-electron chi connectivity index (χ3n) is 5.30. The van der Waals surface area contributed by atoms with Crippen LogP contribution in [0.1, 0.15) is 38.2 Å². The number of hydrogen-bond acceptors (Lipinski definition) is 3. The van der Waals surface area contributed by atoms with E-state index < -0.39 is 17.8 Å². The zero-order valence-corrected chi connectivity index (χ0v) is 17.7.